The average molecular weight is 348 g/mol. The number of Topliss-reactive ketones (excluding diaryl/α,β-unsaturated/α-hetero) is 1. The maximum absolute atomic E-state index is 12.9. The van der Waals surface area contributed by atoms with E-state index in [1.807, 2.05) is 13.8 Å². The van der Waals surface area contributed by atoms with Crippen molar-refractivity contribution in [2.24, 2.45) is 5.92 Å². The van der Waals surface area contributed by atoms with E-state index in [-0.39, 0.29) is 23.5 Å². The number of benzene rings is 1. The molecule has 0 bridgehead atoms. The number of unbranched alkanes of at least 4 members (excludes halogenated alkanes) is 1. The second-order valence-corrected chi connectivity index (χ2v) is 6.18. The van der Waals surface area contributed by atoms with Gasteiger partial charge in [0, 0.05) is 12.3 Å². The first-order valence-corrected chi connectivity index (χ1v) is 8.81. The fourth-order valence-corrected chi connectivity index (χ4v) is 2.86. The zero-order valence-corrected chi connectivity index (χ0v) is 14.9. The largest absolute Gasteiger partial charge is 0.478 e. The van der Waals surface area contributed by atoms with Crippen molar-refractivity contribution >= 4 is 17.3 Å². The van der Waals surface area contributed by atoms with Crippen molar-refractivity contribution in [2.75, 3.05) is 6.61 Å². The van der Waals surface area contributed by atoms with Crippen LogP contribution in [0.25, 0.3) is 5.57 Å². The average Bonchev–Trinajstić information content (AvgIpc) is 2.62. The number of aliphatic hydroxyl groups is 2. The van der Waals surface area contributed by atoms with Crippen LogP contribution < -0.4 is 0 Å². The third-order valence-electron chi connectivity index (χ3n) is 4.30. The van der Waals surface area contributed by atoms with E-state index in [0.29, 0.717) is 18.4 Å². The molecular formula is C20H28O5. The standard InChI is InChI=1S/C20H28O5/c1-3-5-9-14(4-2)19(23)18(20(24)25)17(12-16(22)13-21)15-10-7-6-8-11-15/h6-8,10-11,14,16,21-22H,3-5,9,12-13H2,1-2H3,(H,24,25). The second kappa shape index (κ2) is 10.8. The van der Waals surface area contributed by atoms with E-state index in [4.69, 9.17) is 5.11 Å². The minimum absolute atomic E-state index is 0.0852. The van der Waals surface area contributed by atoms with Crippen LogP contribution in [-0.2, 0) is 9.59 Å². The van der Waals surface area contributed by atoms with Gasteiger partial charge in [-0.05, 0) is 24.0 Å². The van der Waals surface area contributed by atoms with Gasteiger partial charge in [0.05, 0.1) is 12.7 Å². The van der Waals surface area contributed by atoms with Crippen LogP contribution in [0.4, 0.5) is 0 Å². The minimum Gasteiger partial charge on any atom is -0.478 e. The molecule has 0 aliphatic heterocycles. The third kappa shape index (κ3) is 6.11. The monoisotopic (exact) mass is 348 g/mol. The van der Waals surface area contributed by atoms with Gasteiger partial charge in [0.1, 0.15) is 5.57 Å². The highest BCUT2D eigenvalue weighted by molar-refractivity contribution is 6.22. The van der Waals surface area contributed by atoms with Crippen LogP contribution in [0.2, 0.25) is 0 Å². The molecule has 0 heterocycles. The second-order valence-electron chi connectivity index (χ2n) is 6.18. The molecule has 0 aliphatic rings. The van der Waals surface area contributed by atoms with Gasteiger partial charge < -0.3 is 15.3 Å². The van der Waals surface area contributed by atoms with E-state index < -0.39 is 24.5 Å². The van der Waals surface area contributed by atoms with E-state index >= 15 is 0 Å². The zero-order chi connectivity index (χ0) is 18.8. The lowest BCUT2D eigenvalue weighted by Gasteiger charge is -2.19. The lowest BCUT2D eigenvalue weighted by atomic mass is 9.85. The number of carboxylic acids is 1. The predicted molar refractivity (Wildman–Crippen MR) is 97.0 cm³/mol. The lowest BCUT2D eigenvalue weighted by molar-refractivity contribution is -0.135. The Labute approximate surface area is 149 Å². The number of aliphatic carboxylic acids is 1. The molecule has 1 aromatic carbocycles. The van der Waals surface area contributed by atoms with Crippen LogP contribution in [0.1, 0.15) is 51.5 Å². The molecule has 3 N–H and O–H groups in total. The summed E-state index contributed by atoms with van der Waals surface area (Å²) in [5, 5.41) is 28.7. The number of carbonyl (C=O) groups is 2. The van der Waals surface area contributed by atoms with Crippen molar-refractivity contribution in [1.82, 2.24) is 0 Å². The zero-order valence-electron chi connectivity index (χ0n) is 14.9. The van der Waals surface area contributed by atoms with Gasteiger partial charge in [0.25, 0.3) is 0 Å². The van der Waals surface area contributed by atoms with Gasteiger partial charge in [0.2, 0.25) is 0 Å². The van der Waals surface area contributed by atoms with Crippen LogP contribution in [0, 0.1) is 5.92 Å². The molecule has 0 aromatic heterocycles. The molecule has 5 nitrogen and oxygen atoms in total. The Kier molecular flexibility index (Phi) is 9.10. The molecule has 2 atom stereocenters. The highest BCUT2D eigenvalue weighted by atomic mass is 16.4. The molecule has 0 aliphatic carbocycles. The Hall–Kier alpha value is -1.98. The first-order valence-electron chi connectivity index (χ1n) is 8.81. The highest BCUT2D eigenvalue weighted by Crippen LogP contribution is 2.28. The topological polar surface area (TPSA) is 94.8 Å². The van der Waals surface area contributed by atoms with Crippen LogP contribution in [0.15, 0.2) is 35.9 Å². The Morgan fingerprint density at radius 1 is 1.12 bits per heavy atom. The van der Waals surface area contributed by atoms with Gasteiger partial charge in [-0.15, -0.1) is 0 Å². The van der Waals surface area contributed by atoms with Gasteiger partial charge in [-0.1, -0.05) is 57.0 Å². The Bertz CT molecular complexity index is 591. The molecule has 2 unspecified atom stereocenters. The molecule has 0 spiro atoms. The van der Waals surface area contributed by atoms with E-state index in [1.54, 1.807) is 30.3 Å². The van der Waals surface area contributed by atoms with Gasteiger partial charge in [-0.2, -0.15) is 0 Å². The number of carboxylic acid groups (broad SMARTS) is 1. The van der Waals surface area contributed by atoms with Crippen LogP contribution in [0.3, 0.4) is 0 Å². The summed E-state index contributed by atoms with van der Waals surface area (Å²) >= 11 is 0. The van der Waals surface area contributed by atoms with Crippen LogP contribution >= 0.6 is 0 Å². The molecule has 0 saturated heterocycles. The smallest absolute Gasteiger partial charge is 0.339 e. The normalized spacial score (nSPS) is 14.6. The van der Waals surface area contributed by atoms with Crippen molar-refractivity contribution < 1.29 is 24.9 Å². The molecule has 0 fully saturated rings. The van der Waals surface area contributed by atoms with Gasteiger partial charge in [0.15, 0.2) is 5.78 Å². The van der Waals surface area contributed by atoms with Gasteiger partial charge >= 0.3 is 5.97 Å². The summed E-state index contributed by atoms with van der Waals surface area (Å²) in [7, 11) is 0. The van der Waals surface area contributed by atoms with Crippen LogP contribution in [-0.4, -0.2) is 39.8 Å². The molecule has 0 radical (unpaired) electrons. The minimum atomic E-state index is -1.29. The summed E-state index contributed by atoms with van der Waals surface area (Å²) in [6.07, 6.45) is 1.81. The van der Waals surface area contributed by atoms with E-state index in [1.165, 1.54) is 0 Å². The predicted octanol–water partition coefficient (Wildman–Crippen LogP) is 3.05. The molecule has 25 heavy (non-hydrogen) atoms. The number of hydrogen-bond acceptors (Lipinski definition) is 4. The molecule has 5 heteroatoms. The number of aliphatic hydroxyl groups excluding tert-OH is 2. The Balaban J connectivity index is 3.41. The summed E-state index contributed by atoms with van der Waals surface area (Å²) < 4.78 is 0. The highest BCUT2D eigenvalue weighted by Gasteiger charge is 2.29. The Morgan fingerprint density at radius 3 is 2.24 bits per heavy atom. The first kappa shape index (κ1) is 21.1. The summed E-state index contributed by atoms with van der Waals surface area (Å²) in [6, 6.07) is 8.71. The van der Waals surface area contributed by atoms with Gasteiger partial charge in [-0.25, -0.2) is 4.79 Å². The fraction of sp³-hybridized carbons (Fsp3) is 0.500. The molecular weight excluding hydrogens is 320 g/mol. The summed E-state index contributed by atoms with van der Waals surface area (Å²) in [4.78, 5) is 24.8. The fourth-order valence-electron chi connectivity index (χ4n) is 2.86. The van der Waals surface area contributed by atoms with Crippen molar-refractivity contribution in [3.8, 4) is 0 Å². The maximum atomic E-state index is 12.9. The summed E-state index contributed by atoms with van der Waals surface area (Å²) in [6.45, 7) is 3.41. The summed E-state index contributed by atoms with van der Waals surface area (Å²) in [5.41, 5.74) is 0.572. The molecule has 1 aromatic rings. The molecule has 0 amide bonds. The molecule has 0 saturated carbocycles. The first-order chi connectivity index (χ1) is 12.0. The number of carbonyl (C=O) groups excluding carboxylic acids is 1. The van der Waals surface area contributed by atoms with Crippen molar-refractivity contribution in [1.29, 1.82) is 0 Å². The van der Waals surface area contributed by atoms with Crippen molar-refractivity contribution in [3.05, 3.63) is 41.5 Å². The van der Waals surface area contributed by atoms with Crippen molar-refractivity contribution in [2.45, 2.75) is 52.1 Å². The number of rotatable bonds is 11. The van der Waals surface area contributed by atoms with E-state index in [2.05, 4.69) is 0 Å². The third-order valence-corrected chi connectivity index (χ3v) is 4.30. The summed E-state index contributed by atoms with van der Waals surface area (Å²) in [5.74, 6) is -2.03. The Morgan fingerprint density at radius 2 is 1.76 bits per heavy atom. The molecule has 138 valence electrons. The quantitative estimate of drug-likeness (QED) is 0.324. The lowest BCUT2D eigenvalue weighted by Crippen LogP contribution is -2.24. The van der Waals surface area contributed by atoms with Crippen LogP contribution in [0.5, 0.6) is 0 Å². The SMILES string of the molecule is CCCCC(CC)C(=O)C(C(=O)O)=C(CC(O)CO)c1ccccc1. The number of hydrogen-bond donors (Lipinski definition) is 3. The van der Waals surface area contributed by atoms with Gasteiger partial charge in [-0.3, -0.25) is 4.79 Å². The van der Waals surface area contributed by atoms with E-state index in [0.717, 1.165) is 12.8 Å². The van der Waals surface area contributed by atoms with Crippen molar-refractivity contribution in [3.63, 3.8) is 0 Å². The maximum Gasteiger partial charge on any atom is 0.339 e. The number of ketones is 1. The molecule has 1 rings (SSSR count). The van der Waals surface area contributed by atoms with E-state index in [9.17, 15) is 19.8 Å².